The summed E-state index contributed by atoms with van der Waals surface area (Å²) in [5.41, 5.74) is 0.460. The summed E-state index contributed by atoms with van der Waals surface area (Å²) in [5, 5.41) is 3.13. The highest BCUT2D eigenvalue weighted by atomic mass is 35.5. The quantitative estimate of drug-likeness (QED) is 0.584. The van der Waals surface area contributed by atoms with Crippen LogP contribution in [0.1, 0.15) is 5.56 Å². The van der Waals surface area contributed by atoms with Crippen molar-refractivity contribution in [2.24, 2.45) is 0 Å². The molecule has 30 heavy (non-hydrogen) atoms. The molecule has 1 N–H and O–H groups in total. The molecule has 0 fully saturated rings. The number of hydrogen-bond donors (Lipinski definition) is 1. The van der Waals surface area contributed by atoms with Crippen LogP contribution in [0, 0.1) is 17.5 Å². The van der Waals surface area contributed by atoms with Gasteiger partial charge in [-0.25, -0.2) is 18.1 Å². The average molecular weight is 429 g/mol. The molecule has 0 bridgehead atoms. The van der Waals surface area contributed by atoms with Gasteiger partial charge < -0.3 is 5.32 Å². The van der Waals surface area contributed by atoms with Gasteiger partial charge in [-0.15, -0.1) is 0 Å². The molecule has 4 rings (SSSR count). The van der Waals surface area contributed by atoms with Crippen LogP contribution in [0.15, 0.2) is 72.4 Å². The van der Waals surface area contributed by atoms with Crippen LogP contribution < -0.4 is 10.2 Å². The van der Waals surface area contributed by atoms with Crippen molar-refractivity contribution in [3.8, 4) is 0 Å². The lowest BCUT2D eigenvalue weighted by Gasteiger charge is -2.15. The molecule has 0 aromatic heterocycles. The Hall–Kier alpha value is -3.58. The number of amides is 2. The first-order valence-electron chi connectivity index (χ1n) is 8.72. The first-order valence-corrected chi connectivity index (χ1v) is 9.09. The third kappa shape index (κ3) is 3.55. The van der Waals surface area contributed by atoms with Crippen molar-refractivity contribution in [1.82, 2.24) is 0 Å². The summed E-state index contributed by atoms with van der Waals surface area (Å²) in [7, 11) is 0. The van der Waals surface area contributed by atoms with Crippen LogP contribution in [0.4, 0.5) is 24.5 Å². The Morgan fingerprint density at radius 1 is 0.767 bits per heavy atom. The van der Waals surface area contributed by atoms with Crippen molar-refractivity contribution in [3.63, 3.8) is 0 Å². The summed E-state index contributed by atoms with van der Waals surface area (Å²) in [6.07, 6.45) is 0. The van der Waals surface area contributed by atoms with Gasteiger partial charge in [0.2, 0.25) is 0 Å². The van der Waals surface area contributed by atoms with E-state index in [0.29, 0.717) is 5.02 Å². The van der Waals surface area contributed by atoms with Gasteiger partial charge in [0, 0.05) is 16.8 Å². The van der Waals surface area contributed by atoms with Crippen LogP contribution in [-0.4, -0.2) is 11.8 Å². The second-order valence-electron chi connectivity index (χ2n) is 6.43. The third-order valence-corrected chi connectivity index (χ3v) is 4.74. The number of imide groups is 1. The molecule has 2 amide bonds. The van der Waals surface area contributed by atoms with E-state index in [9.17, 15) is 22.8 Å². The number of carbonyl (C=O) groups is 2. The Kier molecular flexibility index (Phi) is 5.05. The average Bonchev–Trinajstić information content (AvgIpc) is 2.96. The van der Waals surface area contributed by atoms with Gasteiger partial charge in [-0.05, 0) is 54.1 Å². The molecule has 0 spiro atoms. The van der Waals surface area contributed by atoms with Gasteiger partial charge in [0.15, 0.2) is 11.6 Å². The van der Waals surface area contributed by atoms with Crippen LogP contribution in [0.2, 0.25) is 5.02 Å². The minimum atomic E-state index is -1.12. The molecule has 1 aliphatic heterocycles. The van der Waals surface area contributed by atoms with Gasteiger partial charge in [0.25, 0.3) is 11.8 Å². The number of carbonyl (C=O) groups excluding carboxylic acids is 2. The summed E-state index contributed by atoms with van der Waals surface area (Å²) in [5.74, 6) is -4.04. The zero-order valence-corrected chi connectivity index (χ0v) is 15.9. The Bertz CT molecular complexity index is 1190. The van der Waals surface area contributed by atoms with Crippen molar-refractivity contribution in [2.75, 3.05) is 10.2 Å². The molecular formula is C22H12ClF3N2O2. The summed E-state index contributed by atoms with van der Waals surface area (Å²) >= 11 is 5.88. The van der Waals surface area contributed by atoms with E-state index in [0.717, 1.165) is 29.2 Å². The van der Waals surface area contributed by atoms with Crippen molar-refractivity contribution < 1.29 is 22.8 Å². The smallest absolute Gasteiger partial charge is 0.282 e. The molecule has 3 aromatic rings. The molecule has 0 aliphatic carbocycles. The van der Waals surface area contributed by atoms with Gasteiger partial charge in [0.1, 0.15) is 11.5 Å². The molecule has 1 heterocycles. The molecule has 0 atom stereocenters. The minimum absolute atomic E-state index is 0.0281. The van der Waals surface area contributed by atoms with E-state index in [2.05, 4.69) is 5.32 Å². The summed E-state index contributed by atoms with van der Waals surface area (Å²) in [6, 6.07) is 14.1. The van der Waals surface area contributed by atoms with Crippen LogP contribution in [0.25, 0.3) is 5.57 Å². The molecule has 0 radical (unpaired) electrons. The maximum absolute atomic E-state index is 13.6. The van der Waals surface area contributed by atoms with Gasteiger partial charge in [-0.1, -0.05) is 23.7 Å². The van der Waals surface area contributed by atoms with Crippen molar-refractivity contribution in [1.29, 1.82) is 0 Å². The molecule has 1 aliphatic rings. The van der Waals surface area contributed by atoms with Crippen molar-refractivity contribution >= 4 is 40.4 Å². The second-order valence-corrected chi connectivity index (χ2v) is 6.87. The zero-order chi connectivity index (χ0) is 21.4. The van der Waals surface area contributed by atoms with E-state index in [1.165, 1.54) is 42.5 Å². The fourth-order valence-corrected chi connectivity index (χ4v) is 3.20. The Labute approximate surface area is 174 Å². The number of benzene rings is 3. The van der Waals surface area contributed by atoms with Crippen LogP contribution in [0.3, 0.4) is 0 Å². The Morgan fingerprint density at radius 3 is 2.07 bits per heavy atom. The molecule has 0 unspecified atom stereocenters. The molecule has 3 aromatic carbocycles. The number of hydrogen-bond acceptors (Lipinski definition) is 3. The zero-order valence-electron chi connectivity index (χ0n) is 15.1. The van der Waals surface area contributed by atoms with E-state index in [1.54, 1.807) is 0 Å². The molecule has 150 valence electrons. The minimum Gasteiger partial charge on any atom is -0.350 e. The maximum atomic E-state index is 13.6. The molecule has 0 saturated carbocycles. The molecule has 8 heteroatoms. The lowest BCUT2D eigenvalue weighted by molar-refractivity contribution is -0.120. The van der Waals surface area contributed by atoms with E-state index in [1.807, 2.05) is 0 Å². The monoisotopic (exact) mass is 428 g/mol. The van der Waals surface area contributed by atoms with Gasteiger partial charge in [0.05, 0.1) is 11.3 Å². The molecule has 0 saturated heterocycles. The predicted molar refractivity (Wildman–Crippen MR) is 107 cm³/mol. The summed E-state index contributed by atoms with van der Waals surface area (Å²) in [4.78, 5) is 27.2. The van der Waals surface area contributed by atoms with Crippen molar-refractivity contribution in [2.45, 2.75) is 0 Å². The number of nitrogens with one attached hydrogen (secondary N) is 1. The molecular weight excluding hydrogens is 417 g/mol. The third-order valence-electron chi connectivity index (χ3n) is 4.49. The number of halogens is 4. The lowest BCUT2D eigenvalue weighted by Crippen LogP contribution is -2.32. The van der Waals surface area contributed by atoms with Crippen molar-refractivity contribution in [3.05, 3.63) is 100 Å². The standard InChI is InChI=1S/C22H12ClF3N2O2/c23-13-3-8-16(9-4-13)28-21(29)19(12-1-5-14(24)6-2-12)20(22(28)30)27-15-7-10-17(25)18(26)11-15/h1-11,27H. The highest BCUT2D eigenvalue weighted by Crippen LogP contribution is 2.34. The topological polar surface area (TPSA) is 49.4 Å². The largest absolute Gasteiger partial charge is 0.350 e. The number of nitrogens with zero attached hydrogens (tertiary/aromatic N) is 1. The van der Waals surface area contributed by atoms with Crippen LogP contribution >= 0.6 is 11.6 Å². The molecule has 4 nitrogen and oxygen atoms in total. The van der Waals surface area contributed by atoms with Gasteiger partial charge in [-0.2, -0.15) is 0 Å². The Balaban J connectivity index is 1.82. The van der Waals surface area contributed by atoms with E-state index in [4.69, 9.17) is 11.6 Å². The highest BCUT2D eigenvalue weighted by molar-refractivity contribution is 6.46. The van der Waals surface area contributed by atoms with E-state index < -0.39 is 29.3 Å². The van der Waals surface area contributed by atoms with E-state index in [-0.39, 0.29) is 28.2 Å². The SMILES string of the molecule is O=C1C(Nc2ccc(F)c(F)c2)=C(c2ccc(F)cc2)C(=O)N1c1ccc(Cl)cc1. The van der Waals surface area contributed by atoms with Crippen LogP contribution in [0.5, 0.6) is 0 Å². The second kappa shape index (κ2) is 7.68. The normalized spacial score (nSPS) is 13.9. The first kappa shape index (κ1) is 19.7. The predicted octanol–water partition coefficient (Wildman–Crippen LogP) is 5.15. The number of anilines is 2. The van der Waals surface area contributed by atoms with Gasteiger partial charge in [-0.3, -0.25) is 9.59 Å². The summed E-state index contributed by atoms with van der Waals surface area (Å²) < 4.78 is 40.2. The lowest BCUT2D eigenvalue weighted by atomic mass is 10.0. The summed E-state index contributed by atoms with van der Waals surface area (Å²) in [6.45, 7) is 0. The van der Waals surface area contributed by atoms with Gasteiger partial charge >= 0.3 is 0 Å². The van der Waals surface area contributed by atoms with Crippen LogP contribution in [-0.2, 0) is 9.59 Å². The number of rotatable bonds is 4. The first-order chi connectivity index (χ1) is 14.3. The fraction of sp³-hybridized carbons (Fsp3) is 0. The maximum Gasteiger partial charge on any atom is 0.282 e. The Morgan fingerprint density at radius 2 is 1.43 bits per heavy atom. The van der Waals surface area contributed by atoms with E-state index >= 15 is 0 Å². The highest BCUT2D eigenvalue weighted by Gasteiger charge is 2.40. The fourth-order valence-electron chi connectivity index (χ4n) is 3.07.